The Bertz CT molecular complexity index is 581. The second kappa shape index (κ2) is 12.4. The first-order valence-electron chi connectivity index (χ1n) is 9.89. The lowest BCUT2D eigenvalue weighted by atomic mass is 9.96. The average molecular weight is 417 g/mol. The van der Waals surface area contributed by atoms with Crippen molar-refractivity contribution in [1.29, 1.82) is 0 Å². The highest BCUT2D eigenvalue weighted by Crippen LogP contribution is 2.11. The predicted molar refractivity (Wildman–Crippen MR) is 108 cm³/mol. The van der Waals surface area contributed by atoms with E-state index in [0.29, 0.717) is 12.8 Å². The van der Waals surface area contributed by atoms with Crippen molar-refractivity contribution in [2.75, 3.05) is 0 Å². The molecule has 0 aliphatic heterocycles. The summed E-state index contributed by atoms with van der Waals surface area (Å²) < 4.78 is 0. The number of aliphatic hydroxyl groups is 1. The second-order valence-corrected chi connectivity index (χ2v) is 7.90. The standard InChI is InChI=1S/C19H36N4O6/c1-7-10(4)15(18(27)21-11(5)19(28)29)23-16(25)13(8-9(2)3)22-17(26)14(20)12(6)24/h9-15,24H,7-8,20H2,1-6H3,(H,21,27)(H,22,26)(H,23,25)(H,28,29)/t10-,11-,12+,13-,14-,15-/m0/s1. The molecule has 0 bridgehead atoms. The number of nitrogens with one attached hydrogen (secondary N) is 3. The molecule has 3 amide bonds. The van der Waals surface area contributed by atoms with Gasteiger partial charge in [0.2, 0.25) is 17.7 Å². The summed E-state index contributed by atoms with van der Waals surface area (Å²) in [7, 11) is 0. The van der Waals surface area contributed by atoms with E-state index in [1.54, 1.807) is 6.92 Å². The molecule has 0 aromatic heterocycles. The van der Waals surface area contributed by atoms with Crippen LogP contribution in [0.3, 0.4) is 0 Å². The van der Waals surface area contributed by atoms with Gasteiger partial charge in [0.1, 0.15) is 24.2 Å². The third-order valence-corrected chi connectivity index (χ3v) is 4.68. The topological polar surface area (TPSA) is 171 Å². The fraction of sp³-hybridized carbons (Fsp3) is 0.789. The van der Waals surface area contributed by atoms with Gasteiger partial charge in [0, 0.05) is 0 Å². The van der Waals surface area contributed by atoms with Crippen LogP contribution < -0.4 is 21.7 Å². The van der Waals surface area contributed by atoms with E-state index in [0.717, 1.165) is 0 Å². The zero-order valence-electron chi connectivity index (χ0n) is 18.1. The van der Waals surface area contributed by atoms with Gasteiger partial charge in [-0.2, -0.15) is 0 Å². The summed E-state index contributed by atoms with van der Waals surface area (Å²) in [5, 5.41) is 26.0. The van der Waals surface area contributed by atoms with Crippen LogP contribution in [0.25, 0.3) is 0 Å². The van der Waals surface area contributed by atoms with Gasteiger partial charge in [0.15, 0.2) is 0 Å². The number of carbonyl (C=O) groups is 4. The number of hydrogen-bond donors (Lipinski definition) is 6. The molecule has 0 saturated heterocycles. The molecule has 29 heavy (non-hydrogen) atoms. The molecule has 0 aliphatic rings. The van der Waals surface area contributed by atoms with Crippen molar-refractivity contribution in [1.82, 2.24) is 16.0 Å². The van der Waals surface area contributed by atoms with Crippen LogP contribution in [0, 0.1) is 11.8 Å². The number of nitrogens with two attached hydrogens (primary N) is 1. The van der Waals surface area contributed by atoms with E-state index in [1.807, 2.05) is 20.8 Å². The third kappa shape index (κ3) is 9.23. The van der Waals surface area contributed by atoms with Gasteiger partial charge >= 0.3 is 5.97 Å². The van der Waals surface area contributed by atoms with Gasteiger partial charge in [0.05, 0.1) is 6.10 Å². The maximum atomic E-state index is 12.8. The van der Waals surface area contributed by atoms with Gasteiger partial charge in [-0.3, -0.25) is 19.2 Å². The molecular formula is C19H36N4O6. The molecule has 0 aromatic carbocycles. The maximum absolute atomic E-state index is 12.8. The highest BCUT2D eigenvalue weighted by molar-refractivity contribution is 5.94. The molecule has 10 nitrogen and oxygen atoms in total. The van der Waals surface area contributed by atoms with Crippen LogP contribution in [0.4, 0.5) is 0 Å². The Morgan fingerprint density at radius 1 is 0.897 bits per heavy atom. The highest BCUT2D eigenvalue weighted by Gasteiger charge is 2.32. The summed E-state index contributed by atoms with van der Waals surface area (Å²) in [6, 6.07) is -4.22. The Hall–Kier alpha value is -2.20. The molecule has 0 radical (unpaired) electrons. The van der Waals surface area contributed by atoms with Crippen LogP contribution in [-0.2, 0) is 19.2 Å². The van der Waals surface area contributed by atoms with Gasteiger partial charge in [-0.05, 0) is 32.1 Å². The quantitative estimate of drug-likeness (QED) is 0.245. The summed E-state index contributed by atoms with van der Waals surface area (Å²) in [6.07, 6.45) is -0.229. The summed E-state index contributed by atoms with van der Waals surface area (Å²) >= 11 is 0. The largest absolute Gasteiger partial charge is 0.480 e. The number of carboxylic acids is 1. The lowest BCUT2D eigenvalue weighted by molar-refractivity contribution is -0.142. The molecule has 0 aliphatic carbocycles. The number of aliphatic hydroxyl groups excluding tert-OH is 1. The Morgan fingerprint density at radius 3 is 1.86 bits per heavy atom. The SMILES string of the molecule is CC[C@H](C)[C@H](NC(=O)[C@H](CC(C)C)NC(=O)[C@@H](N)[C@@H](C)O)C(=O)N[C@@H](C)C(=O)O. The molecule has 0 heterocycles. The van der Waals surface area contributed by atoms with Crippen LogP contribution in [0.2, 0.25) is 0 Å². The van der Waals surface area contributed by atoms with Crippen molar-refractivity contribution in [3.63, 3.8) is 0 Å². The average Bonchev–Trinajstić information content (AvgIpc) is 2.62. The van der Waals surface area contributed by atoms with E-state index in [9.17, 15) is 24.3 Å². The number of amides is 3. The zero-order valence-corrected chi connectivity index (χ0v) is 18.1. The van der Waals surface area contributed by atoms with Crippen LogP contribution in [-0.4, -0.2) is 64.2 Å². The molecular weight excluding hydrogens is 380 g/mol. The number of hydrogen-bond acceptors (Lipinski definition) is 6. The minimum atomic E-state index is -1.19. The van der Waals surface area contributed by atoms with Crippen molar-refractivity contribution in [3.8, 4) is 0 Å². The van der Waals surface area contributed by atoms with Crippen molar-refractivity contribution >= 4 is 23.7 Å². The van der Waals surface area contributed by atoms with E-state index in [-0.39, 0.29) is 11.8 Å². The van der Waals surface area contributed by atoms with Crippen LogP contribution in [0.1, 0.15) is 54.4 Å². The summed E-state index contributed by atoms with van der Waals surface area (Å²) in [5.41, 5.74) is 5.63. The van der Waals surface area contributed by atoms with Gasteiger partial charge < -0.3 is 31.9 Å². The number of aliphatic carboxylic acids is 1. The Balaban J connectivity index is 5.42. The monoisotopic (exact) mass is 416 g/mol. The minimum Gasteiger partial charge on any atom is -0.480 e. The van der Waals surface area contributed by atoms with E-state index in [4.69, 9.17) is 10.8 Å². The van der Waals surface area contributed by atoms with Crippen molar-refractivity contribution < 1.29 is 29.4 Å². The summed E-state index contributed by atoms with van der Waals surface area (Å²) in [5.74, 6) is -3.27. The Kier molecular flexibility index (Phi) is 11.4. The van der Waals surface area contributed by atoms with Gasteiger partial charge in [0.25, 0.3) is 0 Å². The minimum absolute atomic E-state index is 0.0525. The predicted octanol–water partition coefficient (Wildman–Crippen LogP) is -0.654. The fourth-order valence-corrected chi connectivity index (χ4v) is 2.51. The molecule has 10 heteroatoms. The smallest absolute Gasteiger partial charge is 0.325 e. The lowest BCUT2D eigenvalue weighted by Crippen LogP contribution is -2.59. The fourth-order valence-electron chi connectivity index (χ4n) is 2.51. The first kappa shape index (κ1) is 26.8. The molecule has 7 N–H and O–H groups in total. The lowest BCUT2D eigenvalue weighted by Gasteiger charge is -2.28. The van der Waals surface area contributed by atoms with Gasteiger partial charge in [-0.15, -0.1) is 0 Å². The molecule has 0 fully saturated rings. The van der Waals surface area contributed by atoms with Crippen molar-refractivity contribution in [2.24, 2.45) is 17.6 Å². The van der Waals surface area contributed by atoms with Crippen LogP contribution >= 0.6 is 0 Å². The normalized spacial score (nSPS) is 17.4. The van der Waals surface area contributed by atoms with Gasteiger partial charge in [-0.25, -0.2) is 0 Å². The zero-order chi connectivity index (χ0) is 22.9. The molecule has 0 spiro atoms. The summed E-state index contributed by atoms with van der Waals surface area (Å²) in [6.45, 7) is 10.0. The van der Waals surface area contributed by atoms with E-state index in [2.05, 4.69) is 16.0 Å². The second-order valence-electron chi connectivity index (χ2n) is 7.90. The molecule has 0 rings (SSSR count). The Morgan fingerprint density at radius 2 is 1.45 bits per heavy atom. The number of carboxylic acid groups (broad SMARTS) is 1. The van der Waals surface area contributed by atoms with E-state index in [1.165, 1.54) is 13.8 Å². The van der Waals surface area contributed by atoms with Crippen molar-refractivity contribution in [3.05, 3.63) is 0 Å². The molecule has 0 aromatic rings. The van der Waals surface area contributed by atoms with Crippen LogP contribution in [0.15, 0.2) is 0 Å². The number of carbonyl (C=O) groups excluding carboxylic acids is 3. The summed E-state index contributed by atoms with van der Waals surface area (Å²) in [4.78, 5) is 48.6. The first-order valence-corrected chi connectivity index (χ1v) is 9.89. The van der Waals surface area contributed by atoms with Crippen molar-refractivity contribution in [2.45, 2.75) is 84.7 Å². The molecule has 6 atom stereocenters. The molecule has 168 valence electrons. The number of rotatable bonds is 12. The van der Waals surface area contributed by atoms with Crippen LogP contribution in [0.5, 0.6) is 0 Å². The highest BCUT2D eigenvalue weighted by atomic mass is 16.4. The molecule has 0 unspecified atom stereocenters. The van der Waals surface area contributed by atoms with E-state index >= 15 is 0 Å². The third-order valence-electron chi connectivity index (χ3n) is 4.68. The van der Waals surface area contributed by atoms with E-state index < -0.39 is 54.0 Å². The van der Waals surface area contributed by atoms with Gasteiger partial charge in [-0.1, -0.05) is 34.1 Å². The Labute approximate surface area is 172 Å². The molecule has 0 saturated carbocycles. The first-order chi connectivity index (χ1) is 13.3. The maximum Gasteiger partial charge on any atom is 0.325 e.